The molecule has 0 spiro atoms. The van der Waals surface area contributed by atoms with Crippen molar-refractivity contribution in [1.29, 1.82) is 0 Å². The molecule has 1 N–H and O–H groups in total. The second kappa shape index (κ2) is 9.80. The highest BCUT2D eigenvalue weighted by Crippen LogP contribution is 2.11. The quantitative estimate of drug-likeness (QED) is 0.833. The van der Waals surface area contributed by atoms with E-state index >= 15 is 0 Å². The molecule has 0 unspecified atom stereocenters. The van der Waals surface area contributed by atoms with Crippen LogP contribution in [0.25, 0.3) is 6.08 Å². The molecule has 0 fully saturated rings. The molecule has 1 amide bonds. The lowest BCUT2D eigenvalue weighted by atomic mass is 10.2. The molecule has 5 heteroatoms. The number of pyridine rings is 1. The van der Waals surface area contributed by atoms with Gasteiger partial charge in [0.2, 0.25) is 0 Å². The van der Waals surface area contributed by atoms with E-state index in [4.69, 9.17) is 9.47 Å². The minimum atomic E-state index is -0.524. The van der Waals surface area contributed by atoms with Crippen molar-refractivity contribution in [2.24, 2.45) is 0 Å². The minimum Gasteiger partial charge on any atom is -0.501 e. The van der Waals surface area contributed by atoms with Gasteiger partial charge in [0, 0.05) is 6.20 Å². The molecule has 1 aromatic rings. The first-order chi connectivity index (χ1) is 9.90. The molecule has 1 rings (SSSR count). The summed E-state index contributed by atoms with van der Waals surface area (Å²) < 4.78 is 10.2. The van der Waals surface area contributed by atoms with E-state index in [1.807, 2.05) is 47.6 Å². The zero-order valence-corrected chi connectivity index (χ0v) is 13.8. The number of hydrogen-bond acceptors (Lipinski definition) is 4. The highest BCUT2D eigenvalue weighted by molar-refractivity contribution is 5.83. The van der Waals surface area contributed by atoms with Crippen LogP contribution in [-0.2, 0) is 9.47 Å². The molecular weight excluding hydrogens is 268 g/mol. The van der Waals surface area contributed by atoms with Crippen LogP contribution in [0.2, 0.25) is 0 Å². The highest BCUT2D eigenvalue weighted by atomic mass is 16.6. The van der Waals surface area contributed by atoms with Crippen molar-refractivity contribution in [2.75, 3.05) is 11.9 Å². The molecule has 0 atom stereocenters. The predicted octanol–water partition coefficient (Wildman–Crippen LogP) is 4.46. The summed E-state index contributed by atoms with van der Waals surface area (Å²) in [5.74, 6) is 0.447. The van der Waals surface area contributed by atoms with Gasteiger partial charge < -0.3 is 9.47 Å². The zero-order chi connectivity index (χ0) is 16.3. The normalized spacial score (nSPS) is 10.6. The van der Waals surface area contributed by atoms with Crippen molar-refractivity contribution >= 4 is 18.0 Å². The van der Waals surface area contributed by atoms with Crippen LogP contribution in [-0.4, -0.2) is 23.3 Å². The number of anilines is 1. The van der Waals surface area contributed by atoms with Crippen LogP contribution in [0.15, 0.2) is 24.6 Å². The van der Waals surface area contributed by atoms with Crippen LogP contribution in [0, 0.1) is 0 Å². The number of rotatable bonds is 4. The zero-order valence-electron chi connectivity index (χ0n) is 13.8. The van der Waals surface area contributed by atoms with Gasteiger partial charge in [-0.15, -0.1) is 0 Å². The van der Waals surface area contributed by atoms with Crippen LogP contribution in [0.1, 0.15) is 47.1 Å². The summed E-state index contributed by atoms with van der Waals surface area (Å²) in [6.45, 7) is 12.0. The van der Waals surface area contributed by atoms with Gasteiger partial charge in [-0.1, -0.05) is 13.8 Å². The monoisotopic (exact) mass is 294 g/mol. The molecule has 0 aliphatic heterocycles. The molecule has 118 valence electrons. The largest absolute Gasteiger partial charge is 0.501 e. The van der Waals surface area contributed by atoms with Gasteiger partial charge in [0.25, 0.3) is 0 Å². The number of hydrogen-bond donors (Lipinski definition) is 1. The Labute approximate surface area is 127 Å². The molecule has 0 saturated carbocycles. The van der Waals surface area contributed by atoms with Gasteiger partial charge >= 0.3 is 6.09 Å². The molecule has 1 heterocycles. The van der Waals surface area contributed by atoms with E-state index in [9.17, 15) is 4.79 Å². The SMILES string of the molecule is CC.CCO/C=C/c1ccc(NC(=O)OC(C)(C)C)nc1. The van der Waals surface area contributed by atoms with E-state index in [-0.39, 0.29) is 0 Å². The van der Waals surface area contributed by atoms with Crippen molar-refractivity contribution in [3.05, 3.63) is 30.2 Å². The van der Waals surface area contributed by atoms with Gasteiger partial charge in [-0.3, -0.25) is 5.32 Å². The fourth-order valence-corrected chi connectivity index (χ4v) is 1.21. The molecule has 0 aliphatic rings. The fourth-order valence-electron chi connectivity index (χ4n) is 1.21. The summed E-state index contributed by atoms with van der Waals surface area (Å²) >= 11 is 0. The lowest BCUT2D eigenvalue weighted by molar-refractivity contribution is 0.0635. The third-order valence-electron chi connectivity index (χ3n) is 1.94. The van der Waals surface area contributed by atoms with Crippen LogP contribution < -0.4 is 5.32 Å². The third kappa shape index (κ3) is 9.49. The number of nitrogens with one attached hydrogen (secondary N) is 1. The van der Waals surface area contributed by atoms with Crippen LogP contribution in [0.3, 0.4) is 0 Å². The molecule has 0 bridgehead atoms. The summed E-state index contributed by atoms with van der Waals surface area (Å²) in [6, 6.07) is 3.53. The third-order valence-corrected chi connectivity index (χ3v) is 1.94. The first-order valence-electron chi connectivity index (χ1n) is 7.15. The standard InChI is InChI=1S/C14H20N2O3.C2H6/c1-5-18-9-8-11-6-7-12(15-10-11)16-13(17)19-14(2,3)4;1-2/h6-10H,5H2,1-4H3,(H,15,16,17);1-2H3/b9-8+;. The average Bonchev–Trinajstić information content (AvgIpc) is 2.41. The lowest BCUT2D eigenvalue weighted by Gasteiger charge is -2.19. The molecule has 5 nitrogen and oxygen atoms in total. The van der Waals surface area contributed by atoms with Crippen LogP contribution >= 0.6 is 0 Å². The van der Waals surface area contributed by atoms with Gasteiger partial charge in [0.15, 0.2) is 0 Å². The first-order valence-corrected chi connectivity index (χ1v) is 7.15. The number of nitrogens with zero attached hydrogens (tertiary/aromatic N) is 1. The average molecular weight is 294 g/mol. The van der Waals surface area contributed by atoms with Gasteiger partial charge in [-0.2, -0.15) is 0 Å². The van der Waals surface area contributed by atoms with Gasteiger partial charge in [0.05, 0.1) is 12.9 Å². The Balaban J connectivity index is 0.00000191. The summed E-state index contributed by atoms with van der Waals surface area (Å²) in [5.41, 5.74) is 0.368. The predicted molar refractivity (Wildman–Crippen MR) is 86.1 cm³/mol. The molecular formula is C16H26N2O3. The molecule has 21 heavy (non-hydrogen) atoms. The first kappa shape index (κ1) is 19.0. The summed E-state index contributed by atoms with van der Waals surface area (Å²) in [6.07, 6.45) is 4.53. The summed E-state index contributed by atoms with van der Waals surface area (Å²) in [5, 5.41) is 2.57. The Morgan fingerprint density at radius 3 is 2.48 bits per heavy atom. The Bertz CT molecular complexity index is 434. The van der Waals surface area contributed by atoms with E-state index in [2.05, 4.69) is 10.3 Å². The van der Waals surface area contributed by atoms with Crippen LogP contribution in [0.4, 0.5) is 10.6 Å². The molecule has 0 aromatic carbocycles. The van der Waals surface area contributed by atoms with E-state index in [0.717, 1.165) is 5.56 Å². The highest BCUT2D eigenvalue weighted by Gasteiger charge is 2.16. The number of ether oxygens (including phenoxy) is 2. The molecule has 0 radical (unpaired) electrons. The second-order valence-corrected chi connectivity index (χ2v) is 4.86. The Hall–Kier alpha value is -2.04. The number of carbonyl (C=O) groups is 1. The summed E-state index contributed by atoms with van der Waals surface area (Å²) in [7, 11) is 0. The molecule has 0 saturated heterocycles. The Kier molecular flexibility index (Phi) is 8.85. The smallest absolute Gasteiger partial charge is 0.413 e. The van der Waals surface area contributed by atoms with Crippen molar-refractivity contribution in [3.8, 4) is 0 Å². The van der Waals surface area contributed by atoms with Crippen molar-refractivity contribution in [1.82, 2.24) is 4.98 Å². The maximum Gasteiger partial charge on any atom is 0.413 e. The van der Waals surface area contributed by atoms with Crippen molar-refractivity contribution in [3.63, 3.8) is 0 Å². The Morgan fingerprint density at radius 1 is 1.33 bits per heavy atom. The fraction of sp³-hybridized carbons (Fsp3) is 0.500. The van der Waals surface area contributed by atoms with Gasteiger partial charge in [-0.05, 0) is 51.5 Å². The second-order valence-electron chi connectivity index (χ2n) is 4.86. The van der Waals surface area contributed by atoms with E-state index in [1.165, 1.54) is 0 Å². The number of amides is 1. The van der Waals surface area contributed by atoms with E-state index < -0.39 is 11.7 Å². The minimum absolute atomic E-state index is 0.447. The maximum absolute atomic E-state index is 11.5. The maximum atomic E-state index is 11.5. The van der Waals surface area contributed by atoms with Crippen molar-refractivity contribution < 1.29 is 14.3 Å². The van der Waals surface area contributed by atoms with E-state index in [1.54, 1.807) is 24.6 Å². The van der Waals surface area contributed by atoms with Crippen molar-refractivity contribution in [2.45, 2.75) is 47.1 Å². The van der Waals surface area contributed by atoms with E-state index in [0.29, 0.717) is 12.4 Å². The number of carbonyl (C=O) groups excluding carboxylic acids is 1. The molecule has 1 aromatic heterocycles. The lowest BCUT2D eigenvalue weighted by Crippen LogP contribution is -2.27. The molecule has 0 aliphatic carbocycles. The number of aromatic nitrogens is 1. The topological polar surface area (TPSA) is 60.5 Å². The summed E-state index contributed by atoms with van der Waals surface area (Å²) in [4.78, 5) is 15.6. The van der Waals surface area contributed by atoms with Gasteiger partial charge in [-0.25, -0.2) is 9.78 Å². The Morgan fingerprint density at radius 2 is 2.00 bits per heavy atom. The van der Waals surface area contributed by atoms with Crippen LogP contribution in [0.5, 0.6) is 0 Å². The van der Waals surface area contributed by atoms with Gasteiger partial charge in [0.1, 0.15) is 11.4 Å².